The van der Waals surface area contributed by atoms with Crippen molar-refractivity contribution in [1.29, 1.82) is 0 Å². The Morgan fingerprint density at radius 1 is 1.14 bits per heavy atom. The Balaban J connectivity index is 2.21. The lowest BCUT2D eigenvalue weighted by atomic mass is 10.1. The standard InChI is InChI=1S/C16H12BrNO3/c1-2-18(16(20)21)14-8-12-11(7-13(14)17)9-5-3-4-6-10(9)15(12)19/h3-8H,2H2,1H3,(H,20,21)/p-1. The maximum absolute atomic E-state index is 12.4. The molecule has 0 saturated carbocycles. The SMILES string of the molecule is CCN(C(=O)[O-])c1cc2c(cc1Br)-c1ccccc1C2=O. The van der Waals surface area contributed by atoms with Crippen molar-refractivity contribution in [2.75, 3.05) is 11.4 Å². The minimum absolute atomic E-state index is 0.0799. The molecule has 21 heavy (non-hydrogen) atoms. The van der Waals surface area contributed by atoms with Gasteiger partial charge in [0.15, 0.2) is 5.78 Å². The lowest BCUT2D eigenvalue weighted by Gasteiger charge is -2.25. The van der Waals surface area contributed by atoms with Crippen molar-refractivity contribution >= 4 is 33.5 Å². The third kappa shape index (κ3) is 2.05. The lowest BCUT2D eigenvalue weighted by Crippen LogP contribution is -2.41. The summed E-state index contributed by atoms with van der Waals surface area (Å²) in [6.45, 7) is 1.97. The smallest absolute Gasteiger partial charge is 0.194 e. The van der Waals surface area contributed by atoms with Gasteiger partial charge in [0, 0.05) is 22.1 Å². The number of amides is 1. The van der Waals surface area contributed by atoms with Crippen LogP contribution < -0.4 is 10.0 Å². The topological polar surface area (TPSA) is 60.4 Å². The molecule has 0 unspecified atom stereocenters. The lowest BCUT2D eigenvalue weighted by molar-refractivity contribution is -0.246. The molecule has 1 amide bonds. The van der Waals surface area contributed by atoms with Crippen molar-refractivity contribution in [2.45, 2.75) is 6.92 Å². The van der Waals surface area contributed by atoms with E-state index in [0.717, 1.165) is 16.0 Å². The highest BCUT2D eigenvalue weighted by Gasteiger charge is 2.28. The molecule has 2 aromatic carbocycles. The molecule has 0 fully saturated rings. The first-order chi connectivity index (χ1) is 10.0. The maximum Gasteiger partial charge on any atom is 0.194 e. The van der Waals surface area contributed by atoms with E-state index in [0.29, 0.717) is 21.3 Å². The molecule has 0 heterocycles. The van der Waals surface area contributed by atoms with Gasteiger partial charge in [-0.25, -0.2) is 0 Å². The Bertz CT molecular complexity index is 770. The molecular formula is C16H11BrNO3-. The predicted molar refractivity (Wildman–Crippen MR) is 81.4 cm³/mol. The minimum Gasteiger partial charge on any atom is -0.530 e. The van der Waals surface area contributed by atoms with Gasteiger partial charge in [0.25, 0.3) is 0 Å². The average Bonchev–Trinajstić information content (AvgIpc) is 2.73. The Hall–Kier alpha value is -2.14. The molecule has 0 bridgehead atoms. The second-order valence-electron chi connectivity index (χ2n) is 4.73. The van der Waals surface area contributed by atoms with E-state index in [9.17, 15) is 14.7 Å². The van der Waals surface area contributed by atoms with Gasteiger partial charge in [-0.15, -0.1) is 0 Å². The summed E-state index contributed by atoms with van der Waals surface area (Å²) in [6, 6.07) is 10.8. The van der Waals surface area contributed by atoms with Gasteiger partial charge in [-0.2, -0.15) is 0 Å². The normalized spacial score (nSPS) is 12.0. The molecule has 0 N–H and O–H groups in total. The van der Waals surface area contributed by atoms with Crippen molar-refractivity contribution in [3.05, 3.63) is 52.0 Å². The summed E-state index contributed by atoms with van der Waals surface area (Å²) in [5.74, 6) is -0.0799. The van der Waals surface area contributed by atoms with Gasteiger partial charge in [0.1, 0.15) is 6.09 Å². The number of carbonyl (C=O) groups is 2. The van der Waals surface area contributed by atoms with E-state index < -0.39 is 6.09 Å². The van der Waals surface area contributed by atoms with Crippen molar-refractivity contribution < 1.29 is 14.7 Å². The molecule has 106 valence electrons. The van der Waals surface area contributed by atoms with E-state index in [-0.39, 0.29) is 12.3 Å². The van der Waals surface area contributed by atoms with Crippen LogP contribution in [0.1, 0.15) is 22.8 Å². The predicted octanol–water partition coefficient (Wildman–Crippen LogP) is 2.83. The molecule has 0 saturated heterocycles. The van der Waals surface area contributed by atoms with Crippen molar-refractivity contribution in [1.82, 2.24) is 0 Å². The number of carboxylic acid groups (broad SMARTS) is 1. The Kier molecular flexibility index (Phi) is 3.29. The summed E-state index contributed by atoms with van der Waals surface area (Å²) in [7, 11) is 0. The number of ketones is 1. The molecule has 3 rings (SSSR count). The number of benzene rings is 2. The van der Waals surface area contributed by atoms with Crippen molar-refractivity contribution in [2.24, 2.45) is 0 Å². The highest BCUT2D eigenvalue weighted by atomic mass is 79.9. The summed E-state index contributed by atoms with van der Waals surface area (Å²) in [5, 5.41) is 11.2. The van der Waals surface area contributed by atoms with E-state index in [2.05, 4.69) is 15.9 Å². The number of fused-ring (bicyclic) bond motifs is 3. The van der Waals surface area contributed by atoms with E-state index in [1.165, 1.54) is 0 Å². The number of hydrogen-bond donors (Lipinski definition) is 0. The van der Waals surface area contributed by atoms with Gasteiger partial charge in [-0.1, -0.05) is 24.3 Å². The fraction of sp³-hybridized carbons (Fsp3) is 0.125. The largest absolute Gasteiger partial charge is 0.530 e. The number of halogens is 1. The zero-order chi connectivity index (χ0) is 15.1. The zero-order valence-electron chi connectivity index (χ0n) is 11.2. The molecule has 2 aromatic rings. The fourth-order valence-electron chi connectivity index (χ4n) is 2.64. The Morgan fingerprint density at radius 3 is 2.43 bits per heavy atom. The monoisotopic (exact) mass is 344 g/mol. The number of hydrogen-bond acceptors (Lipinski definition) is 3. The first-order valence-corrected chi connectivity index (χ1v) is 7.30. The summed E-state index contributed by atoms with van der Waals surface area (Å²) >= 11 is 3.39. The van der Waals surface area contributed by atoms with E-state index in [1.54, 1.807) is 25.1 Å². The zero-order valence-corrected chi connectivity index (χ0v) is 12.8. The molecule has 0 spiro atoms. The van der Waals surface area contributed by atoms with Crippen LogP contribution in [0, 0.1) is 0 Å². The van der Waals surface area contributed by atoms with Crippen LogP contribution in [0.25, 0.3) is 11.1 Å². The third-order valence-electron chi connectivity index (χ3n) is 3.62. The van der Waals surface area contributed by atoms with Crippen molar-refractivity contribution in [3.63, 3.8) is 0 Å². The van der Waals surface area contributed by atoms with Crippen LogP contribution in [0.4, 0.5) is 10.5 Å². The van der Waals surface area contributed by atoms with Gasteiger partial charge in [-0.05, 0) is 46.1 Å². The second kappa shape index (κ2) is 5.00. The quantitative estimate of drug-likeness (QED) is 0.718. The number of anilines is 1. The maximum atomic E-state index is 12.4. The van der Waals surface area contributed by atoms with Crippen LogP contribution in [-0.2, 0) is 0 Å². The Morgan fingerprint density at radius 2 is 1.81 bits per heavy atom. The second-order valence-corrected chi connectivity index (χ2v) is 5.59. The van der Waals surface area contributed by atoms with Gasteiger partial charge in [-0.3, -0.25) is 4.79 Å². The van der Waals surface area contributed by atoms with Crippen LogP contribution in [0.15, 0.2) is 40.9 Å². The number of rotatable bonds is 2. The van der Waals surface area contributed by atoms with E-state index in [1.807, 2.05) is 18.2 Å². The molecule has 1 aliphatic carbocycles. The highest BCUT2D eigenvalue weighted by Crippen LogP contribution is 2.41. The van der Waals surface area contributed by atoms with Gasteiger partial charge in [0.2, 0.25) is 0 Å². The van der Waals surface area contributed by atoms with Crippen LogP contribution >= 0.6 is 15.9 Å². The molecular weight excluding hydrogens is 334 g/mol. The van der Waals surface area contributed by atoms with Crippen LogP contribution in [0.2, 0.25) is 0 Å². The van der Waals surface area contributed by atoms with Gasteiger partial charge in [0.05, 0.1) is 5.69 Å². The highest BCUT2D eigenvalue weighted by molar-refractivity contribution is 9.10. The Labute approximate surface area is 130 Å². The van der Waals surface area contributed by atoms with Crippen molar-refractivity contribution in [3.8, 4) is 11.1 Å². The molecule has 1 aliphatic rings. The average molecular weight is 345 g/mol. The summed E-state index contributed by atoms with van der Waals surface area (Å²) in [5.41, 5.74) is 3.29. The van der Waals surface area contributed by atoms with Gasteiger partial charge >= 0.3 is 0 Å². The van der Waals surface area contributed by atoms with Crippen LogP contribution in [-0.4, -0.2) is 18.4 Å². The first kappa shape index (κ1) is 13.8. The molecule has 4 nitrogen and oxygen atoms in total. The van der Waals surface area contributed by atoms with Crippen LogP contribution in [0.5, 0.6) is 0 Å². The molecule has 0 aromatic heterocycles. The molecule has 0 aliphatic heterocycles. The van der Waals surface area contributed by atoms with Gasteiger partial charge < -0.3 is 14.8 Å². The van der Waals surface area contributed by atoms with E-state index in [4.69, 9.17) is 0 Å². The summed E-state index contributed by atoms with van der Waals surface area (Å²) in [6.07, 6.45) is -1.29. The minimum atomic E-state index is -1.29. The molecule has 0 atom stereocenters. The number of carbonyl (C=O) groups excluding carboxylic acids is 2. The summed E-state index contributed by atoms with van der Waals surface area (Å²) < 4.78 is 0.622. The number of nitrogens with zero attached hydrogens (tertiary/aromatic N) is 1. The molecule has 0 radical (unpaired) electrons. The van der Waals surface area contributed by atoms with Crippen LogP contribution in [0.3, 0.4) is 0 Å². The third-order valence-corrected chi connectivity index (χ3v) is 4.26. The first-order valence-electron chi connectivity index (χ1n) is 6.50. The van der Waals surface area contributed by atoms with E-state index >= 15 is 0 Å². The molecule has 5 heteroatoms. The summed E-state index contributed by atoms with van der Waals surface area (Å²) in [4.78, 5) is 24.7. The fourth-order valence-corrected chi connectivity index (χ4v) is 3.20.